The van der Waals surface area contributed by atoms with E-state index in [-0.39, 0.29) is 11.7 Å². The average molecular weight is 233 g/mol. The van der Waals surface area contributed by atoms with Crippen LogP contribution in [0.1, 0.15) is 42.6 Å². The maximum atomic E-state index is 11.6. The highest BCUT2D eigenvalue weighted by atomic mass is 16.1. The van der Waals surface area contributed by atoms with E-state index < -0.39 is 0 Å². The van der Waals surface area contributed by atoms with Crippen molar-refractivity contribution in [3.05, 3.63) is 35.4 Å². The quantitative estimate of drug-likeness (QED) is 0.767. The summed E-state index contributed by atoms with van der Waals surface area (Å²) in [7, 11) is 0. The molecular weight excluding hydrogens is 214 g/mol. The van der Waals surface area contributed by atoms with Gasteiger partial charge in [-0.2, -0.15) is 0 Å². The number of Topliss-reactive ketones (excluding diaryl/α,β-unsaturated/α-hetero) is 1. The highest BCUT2D eigenvalue weighted by molar-refractivity contribution is 5.96. The van der Waals surface area contributed by atoms with Gasteiger partial charge in [0.1, 0.15) is 0 Å². The molecule has 0 radical (unpaired) electrons. The number of hydrogen-bond acceptors (Lipinski definition) is 2. The molecule has 0 saturated carbocycles. The van der Waals surface area contributed by atoms with Crippen molar-refractivity contribution >= 4 is 11.7 Å². The molecule has 3 heteroatoms. The first kappa shape index (κ1) is 13.4. The Hall–Kier alpha value is -1.64. The molecule has 0 bridgehead atoms. The van der Waals surface area contributed by atoms with Gasteiger partial charge in [0.2, 0.25) is 5.91 Å². The van der Waals surface area contributed by atoms with E-state index in [2.05, 4.69) is 5.32 Å². The van der Waals surface area contributed by atoms with Crippen LogP contribution in [0.3, 0.4) is 0 Å². The van der Waals surface area contributed by atoms with Crippen LogP contribution in [-0.4, -0.2) is 18.2 Å². The highest BCUT2D eigenvalue weighted by Crippen LogP contribution is 2.08. The third-order valence-electron chi connectivity index (χ3n) is 2.54. The van der Waals surface area contributed by atoms with Gasteiger partial charge in [0.15, 0.2) is 5.78 Å². The van der Waals surface area contributed by atoms with Gasteiger partial charge in [-0.1, -0.05) is 31.2 Å². The topological polar surface area (TPSA) is 46.2 Å². The number of carbonyl (C=O) groups is 2. The summed E-state index contributed by atoms with van der Waals surface area (Å²) >= 11 is 0. The zero-order valence-electron chi connectivity index (χ0n) is 10.5. The third-order valence-corrected chi connectivity index (χ3v) is 2.54. The Labute approximate surface area is 102 Å². The Morgan fingerprint density at radius 1 is 1.18 bits per heavy atom. The van der Waals surface area contributed by atoms with Crippen LogP contribution < -0.4 is 5.32 Å². The van der Waals surface area contributed by atoms with Gasteiger partial charge in [-0.25, -0.2) is 0 Å². The summed E-state index contributed by atoms with van der Waals surface area (Å²) in [5, 5.41) is 2.75. The lowest BCUT2D eigenvalue weighted by molar-refractivity contribution is -0.118. The maximum Gasteiger partial charge on any atom is 0.216 e. The Morgan fingerprint density at radius 2 is 1.82 bits per heavy atom. The lowest BCUT2D eigenvalue weighted by Crippen LogP contribution is -2.22. The molecule has 0 fully saturated rings. The molecule has 92 valence electrons. The first-order valence-corrected chi connectivity index (χ1v) is 6.00. The lowest BCUT2D eigenvalue weighted by atomic mass is 10.0. The Morgan fingerprint density at radius 3 is 2.35 bits per heavy atom. The van der Waals surface area contributed by atoms with Crippen molar-refractivity contribution in [2.24, 2.45) is 0 Å². The van der Waals surface area contributed by atoms with Crippen molar-refractivity contribution in [1.29, 1.82) is 0 Å². The molecule has 0 saturated heterocycles. The SMILES string of the molecule is CCCC(=O)c1ccc(CCNC(C)=O)cc1. The van der Waals surface area contributed by atoms with Crippen LogP contribution in [0.2, 0.25) is 0 Å². The van der Waals surface area contributed by atoms with Crippen LogP contribution in [-0.2, 0) is 11.2 Å². The van der Waals surface area contributed by atoms with Crippen molar-refractivity contribution < 1.29 is 9.59 Å². The molecule has 1 amide bonds. The highest BCUT2D eigenvalue weighted by Gasteiger charge is 2.03. The van der Waals surface area contributed by atoms with Gasteiger partial charge in [-0.3, -0.25) is 9.59 Å². The molecule has 0 unspecified atom stereocenters. The van der Waals surface area contributed by atoms with Crippen LogP contribution in [0.15, 0.2) is 24.3 Å². The smallest absolute Gasteiger partial charge is 0.216 e. The van der Waals surface area contributed by atoms with Crippen LogP contribution in [0.5, 0.6) is 0 Å². The molecule has 0 aromatic heterocycles. The van der Waals surface area contributed by atoms with Crippen LogP contribution >= 0.6 is 0 Å². The maximum absolute atomic E-state index is 11.6. The zero-order valence-corrected chi connectivity index (χ0v) is 10.5. The van der Waals surface area contributed by atoms with E-state index in [9.17, 15) is 9.59 Å². The number of hydrogen-bond donors (Lipinski definition) is 1. The summed E-state index contributed by atoms with van der Waals surface area (Å²) in [5.74, 6) is 0.181. The number of rotatable bonds is 6. The molecule has 0 aliphatic carbocycles. The summed E-state index contributed by atoms with van der Waals surface area (Å²) in [6, 6.07) is 7.62. The summed E-state index contributed by atoms with van der Waals surface area (Å²) in [5.41, 5.74) is 1.90. The molecule has 0 spiro atoms. The van der Waals surface area contributed by atoms with Crippen LogP contribution in [0.4, 0.5) is 0 Å². The van der Waals surface area contributed by atoms with Crippen molar-refractivity contribution in [3.8, 4) is 0 Å². The second kappa shape index (κ2) is 6.84. The van der Waals surface area contributed by atoms with Gasteiger partial charge >= 0.3 is 0 Å². The van der Waals surface area contributed by atoms with E-state index in [1.807, 2.05) is 31.2 Å². The normalized spacial score (nSPS) is 10.0. The molecule has 0 heterocycles. The van der Waals surface area contributed by atoms with E-state index in [0.717, 1.165) is 24.0 Å². The number of amides is 1. The Bertz CT molecular complexity index is 382. The predicted octanol–water partition coefficient (Wildman–Crippen LogP) is 2.35. The first-order chi connectivity index (χ1) is 8.13. The van der Waals surface area contributed by atoms with E-state index in [4.69, 9.17) is 0 Å². The largest absolute Gasteiger partial charge is 0.356 e. The van der Waals surface area contributed by atoms with E-state index in [1.165, 1.54) is 6.92 Å². The fourth-order valence-corrected chi connectivity index (χ4v) is 1.61. The third kappa shape index (κ3) is 4.81. The van der Waals surface area contributed by atoms with E-state index in [1.54, 1.807) is 0 Å². The summed E-state index contributed by atoms with van der Waals surface area (Å²) in [6.45, 7) is 4.14. The molecule has 0 aliphatic heterocycles. The first-order valence-electron chi connectivity index (χ1n) is 6.00. The monoisotopic (exact) mass is 233 g/mol. The second-order valence-corrected chi connectivity index (χ2v) is 4.10. The van der Waals surface area contributed by atoms with Gasteiger partial charge in [0.25, 0.3) is 0 Å². The number of carbonyl (C=O) groups excluding carboxylic acids is 2. The molecule has 1 aromatic carbocycles. The van der Waals surface area contributed by atoms with Crippen LogP contribution in [0, 0.1) is 0 Å². The lowest BCUT2D eigenvalue weighted by Gasteiger charge is -2.04. The van der Waals surface area contributed by atoms with Crippen molar-refractivity contribution in [3.63, 3.8) is 0 Å². The van der Waals surface area contributed by atoms with Crippen molar-refractivity contribution in [2.75, 3.05) is 6.54 Å². The van der Waals surface area contributed by atoms with Crippen LogP contribution in [0.25, 0.3) is 0 Å². The minimum Gasteiger partial charge on any atom is -0.356 e. The molecule has 1 rings (SSSR count). The zero-order chi connectivity index (χ0) is 12.7. The van der Waals surface area contributed by atoms with Crippen molar-refractivity contribution in [1.82, 2.24) is 5.32 Å². The molecule has 0 atom stereocenters. The molecule has 17 heavy (non-hydrogen) atoms. The fraction of sp³-hybridized carbons (Fsp3) is 0.429. The number of benzene rings is 1. The molecule has 0 aliphatic rings. The Kier molecular flexibility index (Phi) is 5.40. The second-order valence-electron chi connectivity index (χ2n) is 4.10. The van der Waals surface area contributed by atoms with Gasteiger partial charge in [-0.15, -0.1) is 0 Å². The number of nitrogens with one attached hydrogen (secondary N) is 1. The minimum absolute atomic E-state index is 0.0141. The van der Waals surface area contributed by atoms with Crippen molar-refractivity contribution in [2.45, 2.75) is 33.1 Å². The summed E-state index contributed by atoms with van der Waals surface area (Å²) < 4.78 is 0. The number of ketones is 1. The van der Waals surface area contributed by atoms with Gasteiger partial charge in [0.05, 0.1) is 0 Å². The van der Waals surface area contributed by atoms with Gasteiger partial charge in [-0.05, 0) is 18.4 Å². The predicted molar refractivity (Wildman–Crippen MR) is 68.1 cm³/mol. The Balaban J connectivity index is 2.50. The van der Waals surface area contributed by atoms with E-state index >= 15 is 0 Å². The summed E-state index contributed by atoms with van der Waals surface area (Å²) in [6.07, 6.45) is 2.27. The molecule has 1 N–H and O–H groups in total. The average Bonchev–Trinajstić information content (AvgIpc) is 2.30. The minimum atomic E-state index is -0.0141. The summed E-state index contributed by atoms with van der Waals surface area (Å²) in [4.78, 5) is 22.3. The van der Waals surface area contributed by atoms with Gasteiger partial charge in [0, 0.05) is 25.5 Å². The molecule has 3 nitrogen and oxygen atoms in total. The molecule has 1 aromatic rings. The van der Waals surface area contributed by atoms with E-state index in [0.29, 0.717) is 13.0 Å². The standard InChI is InChI=1S/C14H19NO2/c1-3-4-14(17)13-7-5-12(6-8-13)9-10-15-11(2)16/h5-8H,3-4,9-10H2,1-2H3,(H,15,16). The van der Waals surface area contributed by atoms with Gasteiger partial charge < -0.3 is 5.32 Å². The fourth-order valence-electron chi connectivity index (χ4n) is 1.61. The molecular formula is C14H19NO2.